The number of hydrogen-bond donors (Lipinski definition) is 3. The van der Waals surface area contributed by atoms with E-state index in [1.54, 1.807) is 4.90 Å². The first-order valence-electron chi connectivity index (χ1n) is 6.26. The molecule has 2 rings (SSSR count). The summed E-state index contributed by atoms with van der Waals surface area (Å²) < 4.78 is 0. The van der Waals surface area contributed by atoms with Gasteiger partial charge >= 0.3 is 0 Å². The minimum atomic E-state index is -0.414. The van der Waals surface area contributed by atoms with E-state index in [0.29, 0.717) is 25.1 Å². The minimum Gasteiger partial charge on any atom is -0.397 e. The predicted molar refractivity (Wildman–Crippen MR) is 74.9 cm³/mol. The van der Waals surface area contributed by atoms with Gasteiger partial charge in [0.05, 0.1) is 17.9 Å². The lowest BCUT2D eigenvalue weighted by Gasteiger charge is -2.26. The molecule has 1 aliphatic rings. The third kappa shape index (κ3) is 2.78. The number of hydrogen-bond acceptors (Lipinski definition) is 4. The fourth-order valence-corrected chi connectivity index (χ4v) is 2.27. The molecule has 1 aliphatic heterocycles. The van der Waals surface area contributed by atoms with Crippen LogP contribution in [0.1, 0.15) is 18.9 Å². The molecule has 0 bridgehead atoms. The van der Waals surface area contributed by atoms with Crippen molar-refractivity contribution in [3.63, 3.8) is 0 Å². The lowest BCUT2D eigenvalue weighted by Crippen LogP contribution is -2.34. The van der Waals surface area contributed by atoms with Crippen LogP contribution in [0.4, 0.5) is 17.1 Å². The molecule has 0 atom stereocenters. The lowest BCUT2D eigenvalue weighted by atomic mass is 10.0. The van der Waals surface area contributed by atoms with E-state index in [1.807, 2.05) is 19.1 Å². The number of benzene rings is 1. The molecule has 0 aliphatic carbocycles. The fraction of sp³-hybridized carbons (Fsp3) is 0.385. The topological polar surface area (TPSA) is 101 Å². The smallest absolute Gasteiger partial charge is 0.236 e. The summed E-state index contributed by atoms with van der Waals surface area (Å²) in [6.45, 7) is 2.63. The van der Waals surface area contributed by atoms with E-state index in [4.69, 9.17) is 11.5 Å². The average molecular weight is 262 g/mol. The van der Waals surface area contributed by atoms with Crippen molar-refractivity contribution in [2.45, 2.75) is 19.8 Å². The van der Waals surface area contributed by atoms with Crippen molar-refractivity contribution in [1.29, 1.82) is 0 Å². The van der Waals surface area contributed by atoms with Crippen molar-refractivity contribution in [2.75, 3.05) is 29.0 Å². The summed E-state index contributed by atoms with van der Waals surface area (Å²) in [4.78, 5) is 24.3. The van der Waals surface area contributed by atoms with Gasteiger partial charge in [0.1, 0.15) is 0 Å². The van der Waals surface area contributed by atoms with Crippen molar-refractivity contribution < 1.29 is 9.59 Å². The second-order valence-corrected chi connectivity index (χ2v) is 4.60. The van der Waals surface area contributed by atoms with Gasteiger partial charge in [-0.3, -0.25) is 9.59 Å². The van der Waals surface area contributed by atoms with Gasteiger partial charge in [-0.15, -0.1) is 0 Å². The number of fused-ring (bicyclic) bond motifs is 1. The van der Waals surface area contributed by atoms with Gasteiger partial charge in [-0.25, -0.2) is 0 Å². The van der Waals surface area contributed by atoms with Crippen molar-refractivity contribution in [2.24, 2.45) is 5.73 Å². The zero-order valence-corrected chi connectivity index (χ0v) is 10.9. The van der Waals surface area contributed by atoms with Crippen LogP contribution in [0.25, 0.3) is 0 Å². The standard InChI is InChI=1S/C13H18N4O2/c1-2-17(7-12(15)18)11-6-10-8(5-9(11)14)3-4-13(19)16-10/h5-6H,2-4,7,14H2,1H3,(H2,15,18)(H,16,19). The fourth-order valence-electron chi connectivity index (χ4n) is 2.27. The number of nitrogens with zero attached hydrogens (tertiary/aromatic N) is 1. The van der Waals surface area contributed by atoms with Gasteiger partial charge < -0.3 is 21.7 Å². The second kappa shape index (κ2) is 5.17. The number of primary amides is 1. The Bertz CT molecular complexity index is 528. The summed E-state index contributed by atoms with van der Waals surface area (Å²) in [5, 5.41) is 2.82. The number of nitrogen functional groups attached to an aromatic ring is 1. The molecule has 0 radical (unpaired) electrons. The van der Waals surface area contributed by atoms with E-state index >= 15 is 0 Å². The SMILES string of the molecule is CCN(CC(N)=O)c1cc2c(cc1N)CCC(=O)N2. The molecule has 1 aromatic rings. The highest BCUT2D eigenvalue weighted by atomic mass is 16.2. The summed E-state index contributed by atoms with van der Waals surface area (Å²) in [5.74, 6) is -0.413. The minimum absolute atomic E-state index is 0.00108. The van der Waals surface area contributed by atoms with E-state index in [1.165, 1.54) is 0 Å². The normalized spacial score (nSPS) is 13.6. The van der Waals surface area contributed by atoms with Crippen LogP contribution in [0.15, 0.2) is 12.1 Å². The van der Waals surface area contributed by atoms with Gasteiger partial charge in [0.25, 0.3) is 0 Å². The molecule has 0 saturated heterocycles. The van der Waals surface area contributed by atoms with Crippen LogP contribution in [-0.2, 0) is 16.0 Å². The van der Waals surface area contributed by atoms with Crippen molar-refractivity contribution in [3.05, 3.63) is 17.7 Å². The number of anilines is 3. The maximum absolute atomic E-state index is 11.4. The Hall–Kier alpha value is -2.24. The molecule has 0 spiro atoms. The molecule has 2 amide bonds. The third-order valence-corrected chi connectivity index (χ3v) is 3.22. The first-order valence-corrected chi connectivity index (χ1v) is 6.26. The van der Waals surface area contributed by atoms with Crippen molar-refractivity contribution in [3.8, 4) is 0 Å². The van der Waals surface area contributed by atoms with Crippen LogP contribution in [0, 0.1) is 0 Å². The predicted octanol–water partition coefficient (Wildman–Crippen LogP) is 0.465. The molecule has 6 nitrogen and oxygen atoms in total. The van der Waals surface area contributed by atoms with Crippen LogP contribution in [0.3, 0.4) is 0 Å². The number of aryl methyl sites for hydroxylation is 1. The van der Waals surface area contributed by atoms with E-state index < -0.39 is 5.91 Å². The first kappa shape index (κ1) is 13.2. The van der Waals surface area contributed by atoms with Crippen LogP contribution in [-0.4, -0.2) is 24.9 Å². The van der Waals surface area contributed by atoms with Gasteiger partial charge in [-0.2, -0.15) is 0 Å². The molecule has 0 aromatic heterocycles. The van der Waals surface area contributed by atoms with Crippen molar-refractivity contribution in [1.82, 2.24) is 0 Å². The number of nitrogens with two attached hydrogens (primary N) is 2. The monoisotopic (exact) mass is 262 g/mol. The van der Waals surface area contributed by atoms with Gasteiger partial charge in [0.15, 0.2) is 0 Å². The van der Waals surface area contributed by atoms with Crippen LogP contribution < -0.4 is 21.7 Å². The van der Waals surface area contributed by atoms with Gasteiger partial charge in [-0.1, -0.05) is 0 Å². The molecule has 5 N–H and O–H groups in total. The summed E-state index contributed by atoms with van der Waals surface area (Å²) >= 11 is 0. The highest BCUT2D eigenvalue weighted by Crippen LogP contribution is 2.33. The Kier molecular flexibility index (Phi) is 3.59. The maximum Gasteiger partial charge on any atom is 0.236 e. The van der Waals surface area contributed by atoms with Gasteiger partial charge in [0, 0.05) is 18.7 Å². The second-order valence-electron chi connectivity index (χ2n) is 4.60. The maximum atomic E-state index is 11.4. The van der Waals surface area contributed by atoms with Gasteiger partial charge in [0.2, 0.25) is 11.8 Å². The zero-order chi connectivity index (χ0) is 14.0. The number of amides is 2. The van der Waals surface area contributed by atoms with Crippen LogP contribution >= 0.6 is 0 Å². The van der Waals surface area contributed by atoms with Crippen molar-refractivity contribution >= 4 is 28.9 Å². The molecular formula is C13H18N4O2. The Labute approximate surface area is 111 Å². The first-order chi connectivity index (χ1) is 9.01. The Balaban J connectivity index is 2.37. The molecule has 19 heavy (non-hydrogen) atoms. The highest BCUT2D eigenvalue weighted by molar-refractivity contribution is 5.96. The third-order valence-electron chi connectivity index (χ3n) is 3.22. The lowest BCUT2D eigenvalue weighted by molar-refractivity contribution is -0.117. The Morgan fingerprint density at radius 3 is 2.79 bits per heavy atom. The van der Waals surface area contributed by atoms with Gasteiger partial charge in [-0.05, 0) is 31.0 Å². The molecule has 0 unspecified atom stereocenters. The molecular weight excluding hydrogens is 244 g/mol. The number of carbonyl (C=O) groups is 2. The summed E-state index contributed by atoms with van der Waals surface area (Å²) in [6, 6.07) is 3.67. The van der Waals surface area contributed by atoms with Crippen LogP contribution in [0.5, 0.6) is 0 Å². The van der Waals surface area contributed by atoms with E-state index in [0.717, 1.165) is 16.9 Å². The molecule has 0 fully saturated rings. The highest BCUT2D eigenvalue weighted by Gasteiger charge is 2.19. The quantitative estimate of drug-likeness (QED) is 0.686. The summed E-state index contributed by atoms with van der Waals surface area (Å²) in [6.07, 6.45) is 1.16. The number of likely N-dealkylation sites (N-methyl/N-ethyl adjacent to an activating group) is 1. The molecule has 0 saturated carbocycles. The Morgan fingerprint density at radius 1 is 1.42 bits per heavy atom. The largest absolute Gasteiger partial charge is 0.397 e. The Morgan fingerprint density at radius 2 is 2.16 bits per heavy atom. The van der Waals surface area contributed by atoms with E-state index in [2.05, 4.69) is 5.32 Å². The summed E-state index contributed by atoms with van der Waals surface area (Å²) in [5.41, 5.74) is 14.4. The zero-order valence-electron chi connectivity index (χ0n) is 10.9. The number of rotatable bonds is 4. The number of nitrogens with one attached hydrogen (secondary N) is 1. The van der Waals surface area contributed by atoms with E-state index in [9.17, 15) is 9.59 Å². The molecule has 6 heteroatoms. The summed E-state index contributed by atoms with van der Waals surface area (Å²) in [7, 11) is 0. The average Bonchev–Trinajstić information content (AvgIpc) is 2.35. The van der Waals surface area contributed by atoms with Crippen LogP contribution in [0.2, 0.25) is 0 Å². The number of carbonyl (C=O) groups excluding carboxylic acids is 2. The van der Waals surface area contributed by atoms with E-state index in [-0.39, 0.29) is 12.5 Å². The molecule has 1 aromatic carbocycles. The molecule has 1 heterocycles. The molecule has 102 valence electrons.